The van der Waals surface area contributed by atoms with Gasteiger partial charge < -0.3 is 15.7 Å². The van der Waals surface area contributed by atoms with Crippen molar-refractivity contribution < 1.29 is 36.7 Å². The summed E-state index contributed by atoms with van der Waals surface area (Å²) < 4.78 is 52.4. The van der Waals surface area contributed by atoms with E-state index in [4.69, 9.17) is 5.11 Å². The lowest BCUT2D eigenvalue weighted by Crippen LogP contribution is -2.42. The summed E-state index contributed by atoms with van der Waals surface area (Å²) in [6, 6.07) is 18.0. The van der Waals surface area contributed by atoms with E-state index >= 15 is 0 Å². The van der Waals surface area contributed by atoms with E-state index in [1.165, 1.54) is 28.7 Å². The number of aliphatic carboxylic acids is 1. The number of hydrogen-bond acceptors (Lipinski definition) is 5. The summed E-state index contributed by atoms with van der Waals surface area (Å²) >= 11 is 0. The van der Waals surface area contributed by atoms with Gasteiger partial charge in [-0.2, -0.15) is 8.78 Å². The second-order valence-electron chi connectivity index (χ2n) is 14.6. The Labute approximate surface area is 305 Å². The fraction of sp³-hybridized carbons (Fsp3) is 0.425. The summed E-state index contributed by atoms with van der Waals surface area (Å²) in [6.45, 7) is 7.56. The topological polar surface area (TPSA) is 133 Å². The Morgan fingerprint density at radius 1 is 0.962 bits per heavy atom. The molecule has 4 rings (SSSR count). The molecule has 3 amide bonds. The first-order valence-electron chi connectivity index (χ1n) is 17.6. The van der Waals surface area contributed by atoms with Gasteiger partial charge in [0.25, 0.3) is 5.91 Å². The minimum atomic E-state index is -4.11. The van der Waals surface area contributed by atoms with Crippen LogP contribution in [-0.2, 0) is 27.6 Å². The minimum Gasteiger partial charge on any atom is -0.477 e. The number of rotatable bonds is 14. The van der Waals surface area contributed by atoms with Crippen molar-refractivity contribution in [3.63, 3.8) is 0 Å². The van der Waals surface area contributed by atoms with Crippen LogP contribution in [0, 0.1) is 11.3 Å². The van der Waals surface area contributed by atoms with Crippen molar-refractivity contribution in [3.8, 4) is 0 Å². The number of carbonyl (C=O) groups excluding carboxylic acids is 2. The average Bonchev–Trinajstić information content (AvgIpc) is 3.09. The summed E-state index contributed by atoms with van der Waals surface area (Å²) in [5.41, 5.74) is 4.78. The van der Waals surface area contributed by atoms with E-state index in [9.17, 15) is 31.6 Å². The second-order valence-corrected chi connectivity index (χ2v) is 16.6. The lowest BCUT2D eigenvalue weighted by Gasteiger charge is -2.33. The lowest BCUT2D eigenvalue weighted by molar-refractivity contribution is -0.163. The lowest BCUT2D eigenvalue weighted by atomic mass is 9.72. The first kappa shape index (κ1) is 40.2. The molecule has 1 atom stereocenters. The molecule has 0 radical (unpaired) electrons. The van der Waals surface area contributed by atoms with Gasteiger partial charge in [-0.3, -0.25) is 9.69 Å². The number of carbonyl (C=O) groups is 3. The summed E-state index contributed by atoms with van der Waals surface area (Å²) in [5.74, 6) is -6.72. The molecule has 3 aromatic rings. The number of amides is 3. The predicted molar refractivity (Wildman–Crippen MR) is 201 cm³/mol. The Balaban J connectivity index is 1.60. The van der Waals surface area contributed by atoms with Crippen LogP contribution in [0.2, 0.25) is 0 Å². The number of anilines is 2. The van der Waals surface area contributed by atoms with Gasteiger partial charge in [0.05, 0.1) is 18.0 Å². The SMILES string of the molecule is CCCCCc1ccc(NC(=O)N(Cc2ccc(C(=O)NCC(F)(F)C(=O)O)cc2)c2ccc(C3=CCC(C(C)(C)C)CC3)cc2)cc1S(C)(=O)=O. The van der Waals surface area contributed by atoms with E-state index in [1.807, 2.05) is 29.6 Å². The molecule has 0 saturated carbocycles. The van der Waals surface area contributed by atoms with Gasteiger partial charge in [0.2, 0.25) is 0 Å². The number of urea groups is 1. The molecule has 0 aliphatic heterocycles. The molecule has 0 saturated heterocycles. The number of unbranched alkanes of at least 4 members (excludes halogenated alkanes) is 2. The molecular weight excluding hydrogens is 689 g/mol. The standard InChI is InChI=1S/C40H49F2N3O6S/c1-6-7-8-9-30-16-21-33(24-35(30)52(5,50)51)44-38(49)45(25-27-10-12-31(13-11-27)36(46)43-26-40(41,42)37(47)48)34-22-17-29(18-23-34)28-14-19-32(20-15-28)39(2,3)4/h10-14,16-18,21-24,32H,6-9,15,19-20,25-26H2,1-5H3,(H,43,46)(H,44,49)(H,47,48). The number of allylic oxidation sites excluding steroid dienone is 2. The number of sulfone groups is 1. The fourth-order valence-electron chi connectivity index (χ4n) is 6.27. The molecule has 0 spiro atoms. The van der Waals surface area contributed by atoms with Crippen molar-refractivity contribution in [3.05, 3.63) is 95.1 Å². The highest BCUT2D eigenvalue weighted by atomic mass is 32.2. The van der Waals surface area contributed by atoms with Crippen LogP contribution >= 0.6 is 0 Å². The molecule has 3 aromatic carbocycles. The first-order chi connectivity index (χ1) is 24.4. The summed E-state index contributed by atoms with van der Waals surface area (Å²) in [7, 11) is -3.58. The molecule has 1 unspecified atom stereocenters. The zero-order valence-corrected chi connectivity index (χ0v) is 31.3. The highest BCUT2D eigenvalue weighted by Crippen LogP contribution is 2.40. The van der Waals surface area contributed by atoms with Crippen LogP contribution in [0.1, 0.15) is 93.3 Å². The molecule has 3 N–H and O–H groups in total. The third kappa shape index (κ3) is 10.7. The molecule has 0 heterocycles. The highest BCUT2D eigenvalue weighted by Gasteiger charge is 2.39. The molecule has 1 aliphatic rings. The maximum atomic E-state index is 14.0. The smallest absolute Gasteiger partial charge is 0.376 e. The monoisotopic (exact) mass is 737 g/mol. The number of carboxylic acids is 1. The number of nitrogens with zero attached hydrogens (tertiary/aromatic N) is 1. The molecular formula is C40H49F2N3O6S. The zero-order valence-electron chi connectivity index (χ0n) is 30.5. The van der Waals surface area contributed by atoms with Crippen LogP contribution in [0.4, 0.5) is 25.0 Å². The van der Waals surface area contributed by atoms with E-state index < -0.39 is 40.2 Å². The number of alkyl halides is 2. The van der Waals surface area contributed by atoms with Crippen molar-refractivity contribution in [1.82, 2.24) is 5.32 Å². The number of aryl methyl sites for hydroxylation is 1. The summed E-state index contributed by atoms with van der Waals surface area (Å²) in [4.78, 5) is 38.8. The predicted octanol–water partition coefficient (Wildman–Crippen LogP) is 8.74. The van der Waals surface area contributed by atoms with Gasteiger partial charge in [-0.05, 0) is 102 Å². The van der Waals surface area contributed by atoms with E-state index in [0.717, 1.165) is 50.3 Å². The maximum absolute atomic E-state index is 14.0. The molecule has 12 heteroatoms. The van der Waals surface area contributed by atoms with Crippen LogP contribution in [0.25, 0.3) is 5.57 Å². The maximum Gasteiger partial charge on any atom is 0.376 e. The third-order valence-corrected chi connectivity index (χ3v) is 10.7. The van der Waals surface area contributed by atoms with Crippen LogP contribution in [0.5, 0.6) is 0 Å². The second kappa shape index (κ2) is 16.8. The Morgan fingerprint density at radius 3 is 2.19 bits per heavy atom. The van der Waals surface area contributed by atoms with Crippen LogP contribution in [0.15, 0.2) is 77.7 Å². The Hall–Kier alpha value is -4.58. The number of benzene rings is 3. The van der Waals surface area contributed by atoms with Gasteiger partial charge in [-0.1, -0.05) is 76.9 Å². The normalized spacial score (nSPS) is 15.1. The van der Waals surface area contributed by atoms with Gasteiger partial charge in [-0.25, -0.2) is 18.0 Å². The summed E-state index contributed by atoms with van der Waals surface area (Å²) in [6.07, 6.45) is 9.90. The molecule has 0 aromatic heterocycles. The van der Waals surface area contributed by atoms with Crippen molar-refractivity contribution in [1.29, 1.82) is 0 Å². The molecule has 280 valence electrons. The van der Waals surface area contributed by atoms with Gasteiger partial charge in [0.1, 0.15) is 0 Å². The van der Waals surface area contributed by atoms with Crippen molar-refractivity contribution in [2.45, 2.75) is 90.0 Å². The first-order valence-corrected chi connectivity index (χ1v) is 19.5. The largest absolute Gasteiger partial charge is 0.477 e. The van der Waals surface area contributed by atoms with Gasteiger partial charge >= 0.3 is 17.9 Å². The van der Waals surface area contributed by atoms with Crippen LogP contribution < -0.4 is 15.5 Å². The summed E-state index contributed by atoms with van der Waals surface area (Å²) in [5, 5.41) is 13.4. The number of hydrogen-bond donors (Lipinski definition) is 3. The zero-order chi connectivity index (χ0) is 38.3. The van der Waals surface area contributed by atoms with Crippen molar-refractivity contribution in [2.75, 3.05) is 23.0 Å². The van der Waals surface area contributed by atoms with E-state index in [0.29, 0.717) is 34.8 Å². The van der Waals surface area contributed by atoms with Gasteiger partial charge in [0, 0.05) is 23.2 Å². The van der Waals surface area contributed by atoms with Crippen molar-refractivity contribution >= 4 is 44.7 Å². The Bertz CT molecular complexity index is 1890. The molecule has 0 bridgehead atoms. The van der Waals surface area contributed by atoms with Crippen LogP contribution in [0.3, 0.4) is 0 Å². The number of halogens is 2. The van der Waals surface area contributed by atoms with E-state index in [1.54, 1.807) is 24.3 Å². The quantitative estimate of drug-likeness (QED) is 0.142. The van der Waals surface area contributed by atoms with Crippen LogP contribution in [-0.4, -0.2) is 50.2 Å². The Morgan fingerprint density at radius 2 is 1.63 bits per heavy atom. The molecule has 0 fully saturated rings. The Kier molecular flexibility index (Phi) is 13.0. The molecule has 9 nitrogen and oxygen atoms in total. The molecule has 52 heavy (non-hydrogen) atoms. The molecule has 1 aliphatic carbocycles. The van der Waals surface area contributed by atoms with E-state index in [-0.39, 0.29) is 22.4 Å². The van der Waals surface area contributed by atoms with Gasteiger partial charge in [0.15, 0.2) is 9.84 Å². The van der Waals surface area contributed by atoms with E-state index in [2.05, 4.69) is 39.1 Å². The average molecular weight is 738 g/mol. The number of carboxylic acid groups (broad SMARTS) is 1. The van der Waals surface area contributed by atoms with Gasteiger partial charge in [-0.15, -0.1) is 0 Å². The highest BCUT2D eigenvalue weighted by molar-refractivity contribution is 7.90. The third-order valence-electron chi connectivity index (χ3n) is 9.54. The van der Waals surface area contributed by atoms with Crippen molar-refractivity contribution in [2.24, 2.45) is 11.3 Å². The number of nitrogens with one attached hydrogen (secondary N) is 2. The fourth-order valence-corrected chi connectivity index (χ4v) is 7.26. The minimum absolute atomic E-state index is 0.0343.